The Hall–Kier alpha value is -3.19. The van der Waals surface area contributed by atoms with E-state index in [1.54, 1.807) is 24.3 Å². The highest BCUT2D eigenvalue weighted by molar-refractivity contribution is 6.10. The fraction of sp³-hybridized carbons (Fsp3) is 0.348. The first-order valence-electron chi connectivity index (χ1n) is 10.1. The van der Waals surface area contributed by atoms with E-state index in [2.05, 4.69) is 27.3 Å². The summed E-state index contributed by atoms with van der Waals surface area (Å²) in [5.41, 5.74) is 2.86. The fourth-order valence-corrected chi connectivity index (χ4v) is 3.11. The van der Waals surface area contributed by atoms with E-state index in [1.807, 2.05) is 24.3 Å². The van der Waals surface area contributed by atoms with Crippen LogP contribution < -0.4 is 10.6 Å². The third-order valence-electron chi connectivity index (χ3n) is 4.90. The number of hydrogen-bond donors (Lipinski definition) is 2. The number of esters is 1. The molecule has 1 aliphatic rings. The normalized spacial score (nSPS) is 16.2. The second-order valence-electron chi connectivity index (χ2n) is 7.02. The van der Waals surface area contributed by atoms with Gasteiger partial charge in [0.25, 0.3) is 5.91 Å². The van der Waals surface area contributed by atoms with Crippen LogP contribution in [0.4, 0.5) is 5.69 Å². The summed E-state index contributed by atoms with van der Waals surface area (Å²) in [4.78, 5) is 28.8. The van der Waals surface area contributed by atoms with Gasteiger partial charge in [0.1, 0.15) is 0 Å². The molecule has 1 saturated heterocycles. The predicted molar refractivity (Wildman–Crippen MR) is 116 cm³/mol. The number of nitrogens with one attached hydrogen (secondary N) is 2. The summed E-state index contributed by atoms with van der Waals surface area (Å²) < 4.78 is 10.3. The molecular formula is C23H27N3O4. The van der Waals surface area contributed by atoms with Crippen LogP contribution >= 0.6 is 0 Å². The number of aliphatic imine (C=N–C) groups is 1. The lowest BCUT2D eigenvalue weighted by atomic mass is 10.1. The molecule has 30 heavy (non-hydrogen) atoms. The van der Waals surface area contributed by atoms with E-state index in [9.17, 15) is 9.59 Å². The van der Waals surface area contributed by atoms with Crippen molar-refractivity contribution in [1.82, 2.24) is 5.32 Å². The van der Waals surface area contributed by atoms with Crippen molar-refractivity contribution < 1.29 is 19.1 Å². The molecule has 158 valence electrons. The van der Waals surface area contributed by atoms with Crippen LogP contribution in [0.1, 0.15) is 46.0 Å². The third-order valence-corrected chi connectivity index (χ3v) is 4.90. The van der Waals surface area contributed by atoms with Gasteiger partial charge >= 0.3 is 5.97 Å². The van der Waals surface area contributed by atoms with Crippen molar-refractivity contribution in [2.75, 3.05) is 25.6 Å². The summed E-state index contributed by atoms with van der Waals surface area (Å²) in [5.74, 6) is -0.412. The molecule has 0 radical (unpaired) electrons. The summed E-state index contributed by atoms with van der Waals surface area (Å²) in [6.45, 7) is 3.32. The number of ether oxygens (including phenoxy) is 2. The summed E-state index contributed by atoms with van der Waals surface area (Å²) in [6, 6.07) is 14.3. The Bertz CT molecular complexity index is 886. The van der Waals surface area contributed by atoms with Gasteiger partial charge in [-0.25, -0.2) is 9.79 Å². The van der Waals surface area contributed by atoms with Gasteiger partial charge in [-0.05, 0) is 61.2 Å². The number of rotatable bonds is 6. The zero-order chi connectivity index (χ0) is 21.3. The SMILES string of the molecule is CCc1ccc(NC(=NC[C@H]2CCCO2)NC(=O)c2ccc(C(=O)OC)cc2)cc1. The van der Waals surface area contributed by atoms with Crippen molar-refractivity contribution in [3.63, 3.8) is 0 Å². The van der Waals surface area contributed by atoms with E-state index >= 15 is 0 Å². The number of aryl methyl sites for hydroxylation is 1. The van der Waals surface area contributed by atoms with Gasteiger partial charge < -0.3 is 14.8 Å². The Labute approximate surface area is 176 Å². The van der Waals surface area contributed by atoms with E-state index in [-0.39, 0.29) is 12.0 Å². The molecule has 2 aromatic carbocycles. The zero-order valence-electron chi connectivity index (χ0n) is 17.3. The third kappa shape index (κ3) is 5.90. The number of nitrogens with zero attached hydrogens (tertiary/aromatic N) is 1. The van der Waals surface area contributed by atoms with Crippen LogP contribution in [0.25, 0.3) is 0 Å². The Morgan fingerprint density at radius 2 is 1.80 bits per heavy atom. The molecule has 0 aliphatic carbocycles. The molecule has 7 nitrogen and oxygen atoms in total. The van der Waals surface area contributed by atoms with Gasteiger partial charge in [-0.15, -0.1) is 0 Å². The number of guanidine groups is 1. The quantitative estimate of drug-likeness (QED) is 0.434. The Kier molecular flexibility index (Phi) is 7.57. The Morgan fingerprint density at radius 3 is 2.40 bits per heavy atom. The first-order valence-corrected chi connectivity index (χ1v) is 10.1. The van der Waals surface area contributed by atoms with Gasteiger partial charge in [-0.1, -0.05) is 19.1 Å². The van der Waals surface area contributed by atoms with Crippen molar-refractivity contribution in [3.05, 3.63) is 65.2 Å². The molecule has 1 aliphatic heterocycles. The first-order chi connectivity index (χ1) is 14.6. The molecule has 1 amide bonds. The lowest BCUT2D eigenvalue weighted by molar-refractivity contribution is 0.0600. The molecule has 2 N–H and O–H groups in total. The van der Waals surface area contributed by atoms with Crippen LogP contribution in [0.3, 0.4) is 0 Å². The molecule has 0 spiro atoms. The molecule has 0 bridgehead atoms. The number of carbonyl (C=O) groups excluding carboxylic acids is 2. The maximum atomic E-state index is 12.7. The first kappa shape index (κ1) is 21.5. The van der Waals surface area contributed by atoms with Crippen molar-refractivity contribution in [2.24, 2.45) is 4.99 Å². The summed E-state index contributed by atoms with van der Waals surface area (Å²) in [5, 5.41) is 6.01. The topological polar surface area (TPSA) is 89.0 Å². The lowest BCUT2D eigenvalue weighted by Gasteiger charge is -2.14. The minimum Gasteiger partial charge on any atom is -0.465 e. The van der Waals surface area contributed by atoms with Crippen LogP contribution in [-0.2, 0) is 15.9 Å². The monoisotopic (exact) mass is 409 g/mol. The number of anilines is 1. The van der Waals surface area contributed by atoms with E-state index < -0.39 is 5.97 Å². The highest BCUT2D eigenvalue weighted by Crippen LogP contribution is 2.13. The Morgan fingerprint density at radius 1 is 1.10 bits per heavy atom. The van der Waals surface area contributed by atoms with Gasteiger partial charge in [-0.3, -0.25) is 10.1 Å². The van der Waals surface area contributed by atoms with Crippen molar-refractivity contribution >= 4 is 23.5 Å². The summed E-state index contributed by atoms with van der Waals surface area (Å²) in [7, 11) is 1.32. The highest BCUT2D eigenvalue weighted by atomic mass is 16.5. The smallest absolute Gasteiger partial charge is 0.337 e. The van der Waals surface area contributed by atoms with Gasteiger partial charge in [0.15, 0.2) is 0 Å². The second kappa shape index (κ2) is 10.5. The Balaban J connectivity index is 1.72. The van der Waals surface area contributed by atoms with Crippen molar-refractivity contribution in [2.45, 2.75) is 32.3 Å². The number of hydrogen-bond acceptors (Lipinski definition) is 5. The number of amides is 1. The molecule has 2 aromatic rings. The van der Waals surface area contributed by atoms with Crippen molar-refractivity contribution in [3.8, 4) is 0 Å². The maximum Gasteiger partial charge on any atom is 0.337 e. The van der Waals surface area contributed by atoms with E-state index in [4.69, 9.17) is 4.74 Å². The lowest BCUT2D eigenvalue weighted by Crippen LogP contribution is -2.36. The van der Waals surface area contributed by atoms with Gasteiger partial charge in [0.05, 0.1) is 25.3 Å². The molecule has 1 heterocycles. The minimum atomic E-state index is -0.446. The molecule has 3 rings (SSSR count). The van der Waals surface area contributed by atoms with Crippen LogP contribution in [0.5, 0.6) is 0 Å². The zero-order valence-corrected chi connectivity index (χ0v) is 17.3. The molecule has 7 heteroatoms. The average Bonchev–Trinajstić information content (AvgIpc) is 3.31. The van der Waals surface area contributed by atoms with Gasteiger partial charge in [0.2, 0.25) is 5.96 Å². The molecule has 1 fully saturated rings. The second-order valence-corrected chi connectivity index (χ2v) is 7.02. The average molecular weight is 409 g/mol. The number of benzene rings is 2. The largest absolute Gasteiger partial charge is 0.465 e. The summed E-state index contributed by atoms with van der Waals surface area (Å²) >= 11 is 0. The van der Waals surface area contributed by atoms with Gasteiger partial charge in [-0.2, -0.15) is 0 Å². The standard InChI is InChI=1S/C23H27N3O4/c1-3-16-6-12-19(13-7-16)25-23(24-15-20-5-4-14-30-20)26-21(27)17-8-10-18(11-9-17)22(28)29-2/h6-13,20H,3-5,14-15H2,1-2H3,(H2,24,25,26,27)/t20-/m1/s1. The highest BCUT2D eigenvalue weighted by Gasteiger charge is 2.16. The predicted octanol–water partition coefficient (Wildman–Crippen LogP) is 3.41. The summed E-state index contributed by atoms with van der Waals surface area (Å²) in [6.07, 6.45) is 3.02. The molecule has 0 aromatic heterocycles. The van der Waals surface area contributed by atoms with Crippen LogP contribution in [0.2, 0.25) is 0 Å². The molecule has 0 saturated carbocycles. The number of methoxy groups -OCH3 is 1. The van der Waals surface area contributed by atoms with Crippen LogP contribution in [0, 0.1) is 0 Å². The minimum absolute atomic E-state index is 0.0699. The molecule has 1 atom stereocenters. The van der Waals surface area contributed by atoms with Crippen LogP contribution in [-0.4, -0.2) is 44.2 Å². The van der Waals surface area contributed by atoms with E-state index in [0.717, 1.165) is 31.6 Å². The molecule has 0 unspecified atom stereocenters. The van der Waals surface area contributed by atoms with E-state index in [0.29, 0.717) is 23.6 Å². The number of carbonyl (C=O) groups is 2. The van der Waals surface area contributed by atoms with Gasteiger partial charge in [0, 0.05) is 17.9 Å². The van der Waals surface area contributed by atoms with Crippen molar-refractivity contribution in [1.29, 1.82) is 0 Å². The maximum absolute atomic E-state index is 12.7. The van der Waals surface area contributed by atoms with E-state index in [1.165, 1.54) is 12.7 Å². The van der Waals surface area contributed by atoms with Crippen LogP contribution in [0.15, 0.2) is 53.5 Å². The fourth-order valence-electron chi connectivity index (χ4n) is 3.11. The molecular weight excluding hydrogens is 382 g/mol.